The third kappa shape index (κ3) is 3.78. The van der Waals surface area contributed by atoms with E-state index in [0.29, 0.717) is 19.0 Å². The van der Waals surface area contributed by atoms with Crippen LogP contribution in [0.2, 0.25) is 0 Å². The van der Waals surface area contributed by atoms with Crippen LogP contribution in [0.5, 0.6) is 0 Å². The van der Waals surface area contributed by atoms with E-state index < -0.39 is 0 Å². The molecule has 0 amide bonds. The van der Waals surface area contributed by atoms with Gasteiger partial charge in [-0.25, -0.2) is 4.98 Å². The Morgan fingerprint density at radius 2 is 1.46 bits per heavy atom. The van der Waals surface area contributed by atoms with Crippen molar-refractivity contribution in [2.24, 2.45) is 0 Å². The van der Waals surface area contributed by atoms with E-state index in [2.05, 4.69) is 37.7 Å². The minimum Gasteiger partial charge on any atom is -0.365 e. The topological polar surface area (TPSA) is 62.7 Å². The van der Waals surface area contributed by atoms with Crippen LogP contribution < -0.4 is 10.6 Å². The highest BCUT2D eigenvalue weighted by molar-refractivity contribution is 5.90. The SMILES string of the molecule is c1ccc(CNc2nc(NCc3cccnc3)nc3ccccc23)cc1. The molecule has 0 radical (unpaired) electrons. The van der Waals surface area contributed by atoms with Crippen molar-refractivity contribution < 1.29 is 0 Å². The molecule has 5 nitrogen and oxygen atoms in total. The second-order valence-electron chi connectivity index (χ2n) is 5.97. The van der Waals surface area contributed by atoms with Gasteiger partial charge in [0.1, 0.15) is 5.82 Å². The zero-order valence-electron chi connectivity index (χ0n) is 14.3. The van der Waals surface area contributed by atoms with Crippen molar-refractivity contribution in [3.8, 4) is 0 Å². The molecule has 0 atom stereocenters. The first-order chi connectivity index (χ1) is 12.9. The first-order valence-corrected chi connectivity index (χ1v) is 8.56. The van der Waals surface area contributed by atoms with Crippen molar-refractivity contribution in [1.82, 2.24) is 15.0 Å². The molecular weight excluding hydrogens is 322 g/mol. The second-order valence-corrected chi connectivity index (χ2v) is 5.97. The van der Waals surface area contributed by atoms with Crippen molar-refractivity contribution in [2.45, 2.75) is 13.1 Å². The molecule has 0 spiro atoms. The molecule has 2 aromatic heterocycles. The minimum absolute atomic E-state index is 0.600. The molecule has 26 heavy (non-hydrogen) atoms. The number of hydrogen-bond donors (Lipinski definition) is 2. The van der Waals surface area contributed by atoms with Crippen molar-refractivity contribution in [1.29, 1.82) is 0 Å². The Hall–Kier alpha value is -3.47. The molecule has 0 aliphatic carbocycles. The number of para-hydroxylation sites is 1. The van der Waals surface area contributed by atoms with Crippen molar-refractivity contribution >= 4 is 22.7 Å². The second kappa shape index (κ2) is 7.61. The summed E-state index contributed by atoms with van der Waals surface area (Å²) >= 11 is 0. The van der Waals surface area contributed by atoms with Crippen LogP contribution in [-0.4, -0.2) is 15.0 Å². The van der Waals surface area contributed by atoms with Gasteiger partial charge in [0.05, 0.1) is 5.52 Å². The normalized spacial score (nSPS) is 10.6. The lowest BCUT2D eigenvalue weighted by atomic mass is 10.2. The summed E-state index contributed by atoms with van der Waals surface area (Å²) in [7, 11) is 0. The fourth-order valence-electron chi connectivity index (χ4n) is 2.76. The van der Waals surface area contributed by atoms with E-state index >= 15 is 0 Å². The number of aromatic nitrogens is 3. The largest absolute Gasteiger partial charge is 0.365 e. The van der Waals surface area contributed by atoms with Crippen LogP contribution in [0.3, 0.4) is 0 Å². The zero-order valence-corrected chi connectivity index (χ0v) is 14.3. The fraction of sp³-hybridized carbons (Fsp3) is 0.0952. The number of hydrogen-bond acceptors (Lipinski definition) is 5. The first-order valence-electron chi connectivity index (χ1n) is 8.56. The Balaban J connectivity index is 1.58. The monoisotopic (exact) mass is 341 g/mol. The van der Waals surface area contributed by atoms with Crippen molar-refractivity contribution in [3.05, 3.63) is 90.3 Å². The highest BCUT2D eigenvalue weighted by Gasteiger charge is 2.07. The summed E-state index contributed by atoms with van der Waals surface area (Å²) in [6.45, 7) is 1.34. The van der Waals surface area contributed by atoms with E-state index in [1.807, 2.05) is 60.8 Å². The molecule has 2 N–H and O–H groups in total. The Morgan fingerprint density at radius 1 is 0.692 bits per heavy atom. The summed E-state index contributed by atoms with van der Waals surface area (Å²) in [6.07, 6.45) is 3.60. The summed E-state index contributed by atoms with van der Waals surface area (Å²) < 4.78 is 0. The molecule has 0 unspecified atom stereocenters. The van der Waals surface area contributed by atoms with Crippen LogP contribution in [-0.2, 0) is 13.1 Å². The number of pyridine rings is 1. The smallest absolute Gasteiger partial charge is 0.225 e. The first kappa shape index (κ1) is 16.0. The number of nitrogens with zero attached hydrogens (tertiary/aromatic N) is 3. The standard InChI is InChI=1S/C21H19N5/c1-2-7-16(8-3-1)14-23-20-18-10-4-5-11-19(18)25-21(26-20)24-15-17-9-6-12-22-13-17/h1-13H,14-15H2,(H2,23,24,25,26). The number of nitrogens with one attached hydrogen (secondary N) is 2. The Labute approximate surface area is 152 Å². The molecule has 4 rings (SSSR count). The van der Waals surface area contributed by atoms with Gasteiger partial charge in [-0.15, -0.1) is 0 Å². The molecule has 0 aliphatic rings. The van der Waals surface area contributed by atoms with Gasteiger partial charge < -0.3 is 10.6 Å². The van der Waals surface area contributed by atoms with E-state index in [9.17, 15) is 0 Å². The van der Waals surface area contributed by atoms with Gasteiger partial charge in [-0.1, -0.05) is 48.5 Å². The van der Waals surface area contributed by atoms with Crippen LogP contribution in [0, 0.1) is 0 Å². The van der Waals surface area contributed by atoms with E-state index in [0.717, 1.165) is 22.3 Å². The van der Waals surface area contributed by atoms with Crippen molar-refractivity contribution in [3.63, 3.8) is 0 Å². The molecule has 0 aliphatic heterocycles. The predicted molar refractivity (Wildman–Crippen MR) is 105 cm³/mol. The average molecular weight is 341 g/mol. The van der Waals surface area contributed by atoms with E-state index in [1.54, 1.807) is 6.20 Å². The molecule has 128 valence electrons. The van der Waals surface area contributed by atoms with Crippen LogP contribution in [0.4, 0.5) is 11.8 Å². The van der Waals surface area contributed by atoms with Gasteiger partial charge in [0.2, 0.25) is 5.95 Å². The van der Waals surface area contributed by atoms with Crippen LogP contribution in [0.15, 0.2) is 79.1 Å². The predicted octanol–water partition coefficient (Wildman–Crippen LogP) is 4.25. The van der Waals surface area contributed by atoms with Gasteiger partial charge in [0.25, 0.3) is 0 Å². The zero-order chi connectivity index (χ0) is 17.6. The molecule has 0 bridgehead atoms. The molecule has 0 fully saturated rings. The van der Waals surface area contributed by atoms with Gasteiger partial charge in [-0.05, 0) is 29.3 Å². The third-order valence-electron chi connectivity index (χ3n) is 4.08. The lowest BCUT2D eigenvalue weighted by molar-refractivity contribution is 1.04. The summed E-state index contributed by atoms with van der Waals surface area (Å²) in [5.74, 6) is 1.43. The molecule has 2 heterocycles. The average Bonchev–Trinajstić information content (AvgIpc) is 2.72. The van der Waals surface area contributed by atoms with E-state index in [4.69, 9.17) is 0 Å². The summed E-state index contributed by atoms with van der Waals surface area (Å²) in [5, 5.41) is 7.74. The highest BCUT2D eigenvalue weighted by Crippen LogP contribution is 2.22. The molecule has 0 saturated carbocycles. The molecule has 2 aromatic carbocycles. The van der Waals surface area contributed by atoms with Crippen molar-refractivity contribution in [2.75, 3.05) is 10.6 Å². The van der Waals surface area contributed by atoms with Crippen LogP contribution >= 0.6 is 0 Å². The van der Waals surface area contributed by atoms with Gasteiger partial charge in [0, 0.05) is 30.9 Å². The summed E-state index contributed by atoms with van der Waals surface area (Å²) in [4.78, 5) is 13.4. The molecule has 4 aromatic rings. The molecule has 0 saturated heterocycles. The maximum atomic E-state index is 4.68. The maximum absolute atomic E-state index is 4.68. The number of benzene rings is 2. The fourth-order valence-corrected chi connectivity index (χ4v) is 2.76. The van der Waals surface area contributed by atoms with Gasteiger partial charge in [-0.2, -0.15) is 4.98 Å². The molecular formula is C21H19N5. The Bertz CT molecular complexity index is 987. The minimum atomic E-state index is 0.600. The molecule has 5 heteroatoms. The lowest BCUT2D eigenvalue weighted by Gasteiger charge is -2.12. The quantitative estimate of drug-likeness (QED) is 0.549. The highest BCUT2D eigenvalue weighted by atomic mass is 15.1. The summed E-state index contributed by atoms with van der Waals surface area (Å²) in [5.41, 5.74) is 3.20. The number of anilines is 2. The maximum Gasteiger partial charge on any atom is 0.225 e. The van der Waals surface area contributed by atoms with E-state index in [-0.39, 0.29) is 0 Å². The van der Waals surface area contributed by atoms with Gasteiger partial charge >= 0.3 is 0 Å². The number of fused-ring (bicyclic) bond motifs is 1. The summed E-state index contributed by atoms with van der Waals surface area (Å²) in [6, 6.07) is 22.3. The Kier molecular flexibility index (Phi) is 4.69. The van der Waals surface area contributed by atoms with Crippen LogP contribution in [0.1, 0.15) is 11.1 Å². The lowest BCUT2D eigenvalue weighted by Crippen LogP contribution is -2.08. The van der Waals surface area contributed by atoms with Crippen LogP contribution in [0.25, 0.3) is 10.9 Å². The third-order valence-corrected chi connectivity index (χ3v) is 4.08. The van der Waals surface area contributed by atoms with Gasteiger partial charge in [-0.3, -0.25) is 4.98 Å². The number of rotatable bonds is 6. The van der Waals surface area contributed by atoms with Gasteiger partial charge in [0.15, 0.2) is 0 Å². The Morgan fingerprint density at radius 3 is 2.31 bits per heavy atom. The van der Waals surface area contributed by atoms with E-state index in [1.165, 1.54) is 5.56 Å².